The minimum absolute atomic E-state index is 0.530. The van der Waals surface area contributed by atoms with Crippen LogP contribution in [0.2, 0.25) is 5.82 Å². The Kier molecular flexibility index (Phi) is 1.15. The van der Waals surface area contributed by atoms with Gasteiger partial charge in [0.05, 0.1) is 7.85 Å². The molecule has 2 fully saturated rings. The van der Waals surface area contributed by atoms with E-state index in [0.29, 0.717) is 5.82 Å². The van der Waals surface area contributed by atoms with Crippen molar-refractivity contribution in [3.8, 4) is 0 Å². The van der Waals surface area contributed by atoms with Gasteiger partial charge in [0.25, 0.3) is 0 Å². The van der Waals surface area contributed by atoms with Crippen LogP contribution >= 0.6 is 0 Å². The molecule has 0 amide bonds. The van der Waals surface area contributed by atoms with Gasteiger partial charge in [0.15, 0.2) is 0 Å². The van der Waals surface area contributed by atoms with Crippen molar-refractivity contribution >= 4 is 7.85 Å². The second kappa shape index (κ2) is 1.77. The van der Waals surface area contributed by atoms with Crippen molar-refractivity contribution in [2.75, 3.05) is 0 Å². The Morgan fingerprint density at radius 1 is 1.33 bits per heavy atom. The van der Waals surface area contributed by atoms with Crippen LogP contribution in [-0.4, -0.2) is 7.85 Å². The fourth-order valence-electron chi connectivity index (χ4n) is 2.46. The van der Waals surface area contributed by atoms with Crippen molar-refractivity contribution in [2.45, 2.75) is 32.0 Å². The van der Waals surface area contributed by atoms with Crippen molar-refractivity contribution in [1.82, 2.24) is 0 Å². The van der Waals surface area contributed by atoms with Crippen LogP contribution in [0.25, 0.3) is 0 Å². The lowest BCUT2D eigenvalue weighted by atomic mass is 9.72. The molecule has 0 heterocycles. The fourth-order valence-corrected chi connectivity index (χ4v) is 2.46. The van der Waals surface area contributed by atoms with Gasteiger partial charge in [0, 0.05) is 0 Å². The highest BCUT2D eigenvalue weighted by molar-refractivity contribution is 6.12. The lowest BCUT2D eigenvalue weighted by molar-refractivity contribution is 0.180. The van der Waals surface area contributed by atoms with Gasteiger partial charge >= 0.3 is 0 Å². The first-order valence-corrected chi connectivity index (χ1v) is 4.04. The van der Waals surface area contributed by atoms with Crippen LogP contribution in [0, 0.1) is 17.8 Å². The summed E-state index contributed by atoms with van der Waals surface area (Å²) >= 11 is 0. The largest absolute Gasteiger partial charge is 0.0743 e. The third kappa shape index (κ3) is 0.669. The van der Waals surface area contributed by atoms with Crippen LogP contribution in [0.1, 0.15) is 26.2 Å². The molecular formula is C8H13B. The molecule has 0 spiro atoms. The topological polar surface area (TPSA) is 0 Å². The Morgan fingerprint density at radius 3 is 2.33 bits per heavy atom. The molecular weight excluding hydrogens is 107 g/mol. The zero-order valence-corrected chi connectivity index (χ0v) is 6.01. The maximum absolute atomic E-state index is 5.90. The Bertz CT molecular complexity index is 118. The highest BCUT2D eigenvalue weighted by Crippen LogP contribution is 2.54. The Labute approximate surface area is 58.4 Å². The quantitative estimate of drug-likeness (QED) is 0.429. The third-order valence-electron chi connectivity index (χ3n) is 3.40. The highest BCUT2D eigenvalue weighted by Gasteiger charge is 2.43. The molecule has 2 radical (unpaired) electrons. The molecule has 2 rings (SSSR count). The first-order chi connectivity index (χ1) is 4.29. The minimum Gasteiger partial charge on any atom is -0.0743 e. The van der Waals surface area contributed by atoms with Gasteiger partial charge in [0.2, 0.25) is 0 Å². The van der Waals surface area contributed by atoms with E-state index in [9.17, 15) is 0 Å². The molecule has 9 heavy (non-hydrogen) atoms. The van der Waals surface area contributed by atoms with Crippen molar-refractivity contribution in [3.63, 3.8) is 0 Å². The predicted molar refractivity (Wildman–Crippen MR) is 39.5 cm³/mol. The first-order valence-electron chi connectivity index (χ1n) is 4.04. The lowest BCUT2D eigenvalue weighted by Gasteiger charge is -2.32. The fraction of sp³-hybridized carbons (Fsp3) is 1.00. The maximum Gasteiger partial charge on any atom is 0.0703 e. The summed E-state index contributed by atoms with van der Waals surface area (Å²) in [5.41, 5.74) is 0. The molecule has 2 aliphatic carbocycles. The average molecular weight is 120 g/mol. The summed E-state index contributed by atoms with van der Waals surface area (Å²) in [6.45, 7) is 2.31. The van der Waals surface area contributed by atoms with Gasteiger partial charge < -0.3 is 0 Å². The third-order valence-corrected chi connectivity index (χ3v) is 3.40. The maximum atomic E-state index is 5.90. The van der Waals surface area contributed by atoms with Gasteiger partial charge in [-0.3, -0.25) is 0 Å². The molecule has 0 bridgehead atoms. The monoisotopic (exact) mass is 120 g/mol. The molecule has 4 unspecified atom stereocenters. The minimum atomic E-state index is 0.530. The van der Waals surface area contributed by atoms with Crippen LogP contribution in [0.15, 0.2) is 0 Å². The molecule has 0 saturated heterocycles. The summed E-state index contributed by atoms with van der Waals surface area (Å²) in [6.07, 6.45) is 4.23. The summed E-state index contributed by atoms with van der Waals surface area (Å²) in [5.74, 6) is 3.39. The molecule has 48 valence electrons. The van der Waals surface area contributed by atoms with E-state index in [2.05, 4.69) is 6.92 Å². The molecule has 2 saturated carbocycles. The second-order valence-corrected chi connectivity index (χ2v) is 3.76. The van der Waals surface area contributed by atoms with Crippen LogP contribution in [0.4, 0.5) is 0 Å². The Balaban J connectivity index is 2.07. The van der Waals surface area contributed by atoms with Crippen molar-refractivity contribution in [1.29, 1.82) is 0 Å². The molecule has 0 aromatic rings. The smallest absolute Gasteiger partial charge is 0.0703 e. The summed E-state index contributed by atoms with van der Waals surface area (Å²) in [4.78, 5) is 0. The Hall–Kier alpha value is 0.0649. The van der Waals surface area contributed by atoms with E-state index in [1.807, 2.05) is 0 Å². The van der Waals surface area contributed by atoms with Gasteiger partial charge in [-0.2, -0.15) is 0 Å². The predicted octanol–water partition coefficient (Wildman–Crippen LogP) is 2.01. The zero-order chi connectivity index (χ0) is 6.43. The number of hydrogen-bond donors (Lipinski definition) is 0. The first kappa shape index (κ1) is 5.82. The SMILES string of the molecule is [B]C1CC2CCC2C1C. The molecule has 0 aromatic heterocycles. The summed E-state index contributed by atoms with van der Waals surface area (Å²) in [7, 11) is 5.90. The molecule has 4 atom stereocenters. The molecule has 0 aromatic carbocycles. The van der Waals surface area contributed by atoms with Crippen molar-refractivity contribution in [3.05, 3.63) is 0 Å². The van der Waals surface area contributed by atoms with Gasteiger partial charge in [0.1, 0.15) is 0 Å². The number of rotatable bonds is 0. The molecule has 0 N–H and O–H groups in total. The van der Waals surface area contributed by atoms with E-state index in [0.717, 1.165) is 17.8 Å². The van der Waals surface area contributed by atoms with Crippen LogP contribution < -0.4 is 0 Å². The standard InChI is InChI=1S/C8H13B/c1-5-7-3-2-6(7)4-8(5)9/h5-8H,2-4H2,1H3. The van der Waals surface area contributed by atoms with E-state index in [-0.39, 0.29) is 0 Å². The highest BCUT2D eigenvalue weighted by atomic mass is 14.5. The van der Waals surface area contributed by atoms with Gasteiger partial charge in [-0.15, -0.1) is 0 Å². The second-order valence-electron chi connectivity index (χ2n) is 3.76. The lowest BCUT2D eigenvalue weighted by Crippen LogP contribution is -2.23. The molecule has 1 heteroatoms. The van der Waals surface area contributed by atoms with Gasteiger partial charge in [-0.25, -0.2) is 0 Å². The summed E-state index contributed by atoms with van der Waals surface area (Å²) in [6, 6.07) is 0. The molecule has 0 aliphatic heterocycles. The van der Waals surface area contributed by atoms with Crippen LogP contribution in [0.3, 0.4) is 0 Å². The van der Waals surface area contributed by atoms with Gasteiger partial charge in [-0.05, 0) is 30.6 Å². The number of fused-ring (bicyclic) bond motifs is 1. The average Bonchev–Trinajstić information content (AvgIpc) is 1.92. The van der Waals surface area contributed by atoms with E-state index in [1.54, 1.807) is 0 Å². The molecule has 0 nitrogen and oxygen atoms in total. The normalized spacial score (nSPS) is 56.6. The van der Waals surface area contributed by atoms with Crippen molar-refractivity contribution in [2.24, 2.45) is 17.8 Å². The zero-order valence-electron chi connectivity index (χ0n) is 6.01. The Morgan fingerprint density at radius 2 is 2.11 bits per heavy atom. The van der Waals surface area contributed by atoms with E-state index in [1.165, 1.54) is 19.3 Å². The van der Waals surface area contributed by atoms with E-state index in [4.69, 9.17) is 7.85 Å². The van der Waals surface area contributed by atoms with Crippen LogP contribution in [0.5, 0.6) is 0 Å². The molecule has 2 aliphatic rings. The number of hydrogen-bond acceptors (Lipinski definition) is 0. The summed E-state index contributed by atoms with van der Waals surface area (Å²) < 4.78 is 0. The van der Waals surface area contributed by atoms with Crippen LogP contribution in [-0.2, 0) is 0 Å². The van der Waals surface area contributed by atoms with E-state index >= 15 is 0 Å². The van der Waals surface area contributed by atoms with Crippen molar-refractivity contribution < 1.29 is 0 Å². The summed E-state index contributed by atoms with van der Waals surface area (Å²) in [5, 5.41) is 0. The van der Waals surface area contributed by atoms with E-state index < -0.39 is 0 Å². The van der Waals surface area contributed by atoms with Gasteiger partial charge in [-0.1, -0.05) is 19.2 Å².